The van der Waals surface area contributed by atoms with E-state index in [1.807, 2.05) is 32.0 Å². The Kier molecular flexibility index (Phi) is 7.47. The summed E-state index contributed by atoms with van der Waals surface area (Å²) in [6.07, 6.45) is 2.83. The second-order valence-electron chi connectivity index (χ2n) is 7.46. The van der Waals surface area contributed by atoms with Gasteiger partial charge in [0.15, 0.2) is 5.69 Å². The van der Waals surface area contributed by atoms with Gasteiger partial charge in [0.2, 0.25) is 0 Å². The van der Waals surface area contributed by atoms with Gasteiger partial charge < -0.3 is 19.9 Å². The zero-order valence-electron chi connectivity index (χ0n) is 16.3. The standard InChI is InChI=1S/C21H28N4O2.CH4/c1-5-25(9-8-23-21(26)27-14(2)3)13-15-10-17(15)19-12-24-20-7-6-16(22-4)11-18(19)20;/h6-7,11-12,14-15,17,24H,5,8-10,13H2,1-3H3,(H,23,26);1H4. The maximum absolute atomic E-state index is 11.6. The van der Waals surface area contributed by atoms with E-state index in [2.05, 4.69) is 33.2 Å². The van der Waals surface area contributed by atoms with Crippen LogP contribution in [-0.2, 0) is 4.74 Å². The summed E-state index contributed by atoms with van der Waals surface area (Å²) in [5.41, 5.74) is 3.12. The first-order valence-corrected chi connectivity index (χ1v) is 9.67. The Labute approximate surface area is 168 Å². The molecule has 0 aliphatic heterocycles. The van der Waals surface area contributed by atoms with Gasteiger partial charge in [0.1, 0.15) is 0 Å². The second-order valence-corrected chi connectivity index (χ2v) is 7.46. The number of amides is 1. The summed E-state index contributed by atoms with van der Waals surface area (Å²) < 4.78 is 5.09. The van der Waals surface area contributed by atoms with Crippen molar-refractivity contribution in [3.8, 4) is 0 Å². The third-order valence-corrected chi connectivity index (χ3v) is 5.13. The Balaban J connectivity index is 0.00000280. The van der Waals surface area contributed by atoms with E-state index < -0.39 is 0 Å². The number of ether oxygens (including phenoxy) is 1. The van der Waals surface area contributed by atoms with Crippen LogP contribution in [0.3, 0.4) is 0 Å². The lowest BCUT2D eigenvalue weighted by molar-refractivity contribution is 0.114. The second kappa shape index (κ2) is 9.61. The van der Waals surface area contributed by atoms with E-state index in [0.29, 0.717) is 24.1 Å². The molecule has 1 heterocycles. The molecule has 152 valence electrons. The molecule has 6 heteroatoms. The van der Waals surface area contributed by atoms with Crippen molar-refractivity contribution >= 4 is 22.7 Å². The van der Waals surface area contributed by atoms with E-state index in [-0.39, 0.29) is 19.6 Å². The minimum Gasteiger partial charge on any atom is -0.447 e. The fourth-order valence-corrected chi connectivity index (χ4v) is 3.62. The number of nitrogens with one attached hydrogen (secondary N) is 2. The summed E-state index contributed by atoms with van der Waals surface area (Å²) in [7, 11) is 0. The number of rotatable bonds is 8. The molecule has 0 radical (unpaired) electrons. The van der Waals surface area contributed by atoms with E-state index in [1.165, 1.54) is 17.4 Å². The fraction of sp³-hybridized carbons (Fsp3) is 0.545. The molecule has 2 aromatic rings. The summed E-state index contributed by atoms with van der Waals surface area (Å²) in [6, 6.07) is 5.84. The maximum Gasteiger partial charge on any atom is 0.407 e. The van der Waals surface area contributed by atoms with Gasteiger partial charge in [0.05, 0.1) is 12.7 Å². The summed E-state index contributed by atoms with van der Waals surface area (Å²) in [6.45, 7) is 16.5. The molecule has 2 atom stereocenters. The minimum absolute atomic E-state index is 0. The van der Waals surface area contributed by atoms with E-state index in [9.17, 15) is 4.79 Å². The van der Waals surface area contributed by atoms with Crippen LogP contribution in [0, 0.1) is 12.5 Å². The molecule has 1 aliphatic carbocycles. The van der Waals surface area contributed by atoms with Crippen molar-refractivity contribution in [3.05, 3.63) is 41.4 Å². The average molecular weight is 385 g/mol. The number of fused-ring (bicyclic) bond motifs is 1. The Morgan fingerprint density at radius 2 is 2.25 bits per heavy atom. The van der Waals surface area contributed by atoms with Gasteiger partial charge in [-0.2, -0.15) is 0 Å². The Morgan fingerprint density at radius 1 is 1.46 bits per heavy atom. The monoisotopic (exact) mass is 384 g/mol. The molecule has 0 saturated heterocycles. The van der Waals surface area contributed by atoms with Gasteiger partial charge in [0.25, 0.3) is 0 Å². The predicted molar refractivity (Wildman–Crippen MR) is 114 cm³/mol. The number of hydrogen-bond donors (Lipinski definition) is 2. The topological polar surface area (TPSA) is 61.7 Å². The SMILES string of the molecule is C.[C-]#[N+]c1ccc2[nH]cc(C3CC3CN(CC)CCNC(=O)OC(C)C)c2c1. The molecular formula is C22H32N4O2. The van der Waals surface area contributed by atoms with Crippen LogP contribution in [0.2, 0.25) is 0 Å². The van der Waals surface area contributed by atoms with Crippen LogP contribution < -0.4 is 5.32 Å². The normalized spacial score (nSPS) is 18.0. The molecule has 1 fully saturated rings. The first kappa shape index (κ1) is 21.8. The Hall–Kier alpha value is -2.52. The largest absolute Gasteiger partial charge is 0.447 e. The maximum atomic E-state index is 11.6. The molecule has 1 saturated carbocycles. The number of carbonyl (C=O) groups is 1. The first-order chi connectivity index (χ1) is 13.0. The number of nitrogens with zero attached hydrogens (tertiary/aromatic N) is 2. The average Bonchev–Trinajstić information content (AvgIpc) is 3.27. The summed E-state index contributed by atoms with van der Waals surface area (Å²) in [5.74, 6) is 1.18. The zero-order chi connectivity index (χ0) is 19.4. The van der Waals surface area contributed by atoms with Crippen LogP contribution in [0.25, 0.3) is 15.7 Å². The van der Waals surface area contributed by atoms with Crippen LogP contribution in [0.4, 0.5) is 10.5 Å². The van der Waals surface area contributed by atoms with Gasteiger partial charge >= 0.3 is 6.09 Å². The van der Waals surface area contributed by atoms with Crippen molar-refractivity contribution < 1.29 is 9.53 Å². The van der Waals surface area contributed by atoms with Crippen LogP contribution in [0.15, 0.2) is 24.4 Å². The smallest absolute Gasteiger partial charge is 0.407 e. The zero-order valence-corrected chi connectivity index (χ0v) is 16.3. The van der Waals surface area contributed by atoms with Gasteiger partial charge in [0, 0.05) is 31.3 Å². The first-order valence-electron chi connectivity index (χ1n) is 9.67. The van der Waals surface area contributed by atoms with Crippen LogP contribution in [0.1, 0.15) is 46.1 Å². The van der Waals surface area contributed by atoms with Gasteiger partial charge in [-0.15, -0.1) is 0 Å². The fourth-order valence-electron chi connectivity index (χ4n) is 3.62. The van der Waals surface area contributed by atoms with Crippen molar-refractivity contribution in [3.63, 3.8) is 0 Å². The summed E-state index contributed by atoms with van der Waals surface area (Å²) in [4.78, 5) is 20.8. The molecule has 2 N–H and O–H groups in total. The summed E-state index contributed by atoms with van der Waals surface area (Å²) in [5, 5.41) is 3.99. The molecule has 2 unspecified atom stereocenters. The van der Waals surface area contributed by atoms with Gasteiger partial charge in [-0.05, 0) is 61.7 Å². The number of likely N-dealkylation sites (N-methyl/N-ethyl adjacent to an activating group) is 1. The van der Waals surface area contributed by atoms with Crippen molar-refractivity contribution in [2.45, 2.75) is 46.6 Å². The van der Waals surface area contributed by atoms with Gasteiger partial charge in [-0.3, -0.25) is 0 Å². The number of aromatic nitrogens is 1. The molecule has 28 heavy (non-hydrogen) atoms. The number of H-pyrrole nitrogens is 1. The molecule has 1 amide bonds. The van der Waals surface area contributed by atoms with E-state index >= 15 is 0 Å². The highest BCUT2D eigenvalue weighted by atomic mass is 16.6. The van der Waals surface area contributed by atoms with Crippen LogP contribution in [-0.4, -0.2) is 48.3 Å². The van der Waals surface area contributed by atoms with Crippen molar-refractivity contribution in [1.29, 1.82) is 0 Å². The van der Waals surface area contributed by atoms with Gasteiger partial charge in [-0.1, -0.05) is 20.4 Å². The molecular weight excluding hydrogens is 352 g/mol. The lowest BCUT2D eigenvalue weighted by atomic mass is 10.1. The number of hydrogen-bond acceptors (Lipinski definition) is 3. The van der Waals surface area contributed by atoms with Gasteiger partial charge in [-0.25, -0.2) is 9.64 Å². The Morgan fingerprint density at radius 3 is 2.93 bits per heavy atom. The highest BCUT2D eigenvalue weighted by molar-refractivity contribution is 5.87. The lowest BCUT2D eigenvalue weighted by Gasteiger charge is -2.20. The highest BCUT2D eigenvalue weighted by Crippen LogP contribution is 2.50. The molecule has 6 nitrogen and oxygen atoms in total. The number of benzene rings is 1. The molecule has 1 aromatic carbocycles. The molecule has 0 bridgehead atoms. The van der Waals surface area contributed by atoms with Crippen molar-refractivity contribution in [2.75, 3.05) is 26.2 Å². The minimum atomic E-state index is -0.347. The molecule has 1 aromatic heterocycles. The van der Waals surface area contributed by atoms with Crippen LogP contribution in [0.5, 0.6) is 0 Å². The molecule has 3 rings (SSSR count). The third kappa shape index (κ3) is 5.26. The van der Waals surface area contributed by atoms with Crippen molar-refractivity contribution in [1.82, 2.24) is 15.2 Å². The number of alkyl carbamates (subject to hydrolysis) is 1. The highest BCUT2D eigenvalue weighted by Gasteiger charge is 2.40. The quantitative estimate of drug-likeness (QED) is 0.635. The van der Waals surface area contributed by atoms with Crippen LogP contribution >= 0.6 is 0 Å². The van der Waals surface area contributed by atoms with E-state index in [4.69, 9.17) is 11.3 Å². The Bertz CT molecular complexity index is 837. The predicted octanol–water partition coefficient (Wildman–Crippen LogP) is 4.91. The van der Waals surface area contributed by atoms with Crippen molar-refractivity contribution in [2.24, 2.45) is 5.92 Å². The van der Waals surface area contributed by atoms with E-state index in [1.54, 1.807) is 0 Å². The number of aromatic amines is 1. The lowest BCUT2D eigenvalue weighted by Crippen LogP contribution is -2.36. The molecule has 0 spiro atoms. The molecule has 1 aliphatic rings. The number of carbonyl (C=O) groups excluding carboxylic acids is 1. The summed E-state index contributed by atoms with van der Waals surface area (Å²) >= 11 is 0. The van der Waals surface area contributed by atoms with E-state index in [0.717, 1.165) is 25.2 Å². The third-order valence-electron chi connectivity index (χ3n) is 5.13.